The van der Waals surface area contributed by atoms with Crippen molar-refractivity contribution in [3.8, 4) is 11.5 Å². The number of benzene rings is 1. The lowest BCUT2D eigenvalue weighted by atomic mass is 9.71. The van der Waals surface area contributed by atoms with Gasteiger partial charge in [0, 0.05) is 13.1 Å². The lowest BCUT2D eigenvalue weighted by molar-refractivity contribution is 0.0492. The van der Waals surface area contributed by atoms with Crippen LogP contribution in [-0.4, -0.2) is 51.2 Å². The van der Waals surface area contributed by atoms with Crippen molar-refractivity contribution in [3.05, 3.63) is 23.8 Å². The molecule has 0 saturated carbocycles. The first kappa shape index (κ1) is 18.9. The number of carbonyl (C=O) groups excluding carboxylic acids is 1. The van der Waals surface area contributed by atoms with Crippen molar-refractivity contribution in [2.75, 3.05) is 40.4 Å². The third-order valence-corrected chi connectivity index (χ3v) is 5.41. The lowest BCUT2D eigenvalue weighted by Gasteiger charge is -2.44. The van der Waals surface area contributed by atoms with Gasteiger partial charge >= 0.3 is 0 Å². The van der Waals surface area contributed by atoms with E-state index in [2.05, 4.69) is 5.32 Å². The first-order valence-electron chi connectivity index (χ1n) is 8.40. The maximum atomic E-state index is 12.9. The molecule has 134 valence electrons. The van der Waals surface area contributed by atoms with Gasteiger partial charge in [-0.2, -0.15) is 0 Å². The minimum Gasteiger partial charge on any atom is -0.493 e. The Balaban J connectivity index is 0.00000208. The molecule has 2 saturated heterocycles. The Hall–Kier alpha value is -1.46. The second kappa shape index (κ2) is 8.08. The zero-order chi connectivity index (χ0) is 16.3. The number of carbonyl (C=O) groups is 1. The highest BCUT2D eigenvalue weighted by molar-refractivity contribution is 5.97. The van der Waals surface area contributed by atoms with Crippen molar-refractivity contribution in [1.29, 1.82) is 0 Å². The number of nitrogens with one attached hydrogen (secondary N) is 1. The van der Waals surface area contributed by atoms with Gasteiger partial charge < -0.3 is 19.7 Å². The Bertz CT molecular complexity index is 563. The summed E-state index contributed by atoms with van der Waals surface area (Å²) in [5, 5.41) is 3.43. The van der Waals surface area contributed by atoms with E-state index in [1.165, 1.54) is 12.8 Å². The SMILES string of the molecule is COc1cccc(C(=O)N2CCC3(CCNCC3)CC2)c1OC.Cl. The van der Waals surface area contributed by atoms with Gasteiger partial charge in [0.2, 0.25) is 0 Å². The number of para-hydroxylation sites is 1. The molecule has 1 aromatic rings. The van der Waals surface area contributed by atoms with Gasteiger partial charge in [-0.1, -0.05) is 6.07 Å². The highest BCUT2D eigenvalue weighted by Crippen LogP contribution is 2.40. The molecular formula is C18H27ClN2O3. The van der Waals surface area contributed by atoms with Gasteiger partial charge in [0.25, 0.3) is 5.91 Å². The van der Waals surface area contributed by atoms with Crippen LogP contribution in [0.25, 0.3) is 0 Å². The molecular weight excluding hydrogens is 328 g/mol. The fourth-order valence-electron chi connectivity index (χ4n) is 3.87. The Morgan fingerprint density at radius 2 is 1.75 bits per heavy atom. The minimum atomic E-state index is 0. The summed E-state index contributed by atoms with van der Waals surface area (Å²) in [5.74, 6) is 1.18. The number of piperidine rings is 2. The molecule has 1 aromatic carbocycles. The summed E-state index contributed by atoms with van der Waals surface area (Å²) in [6.07, 6.45) is 4.68. The first-order valence-corrected chi connectivity index (χ1v) is 8.40. The molecule has 0 unspecified atom stereocenters. The Kier molecular flexibility index (Phi) is 6.35. The predicted octanol–water partition coefficient (Wildman–Crippen LogP) is 2.73. The number of amides is 1. The zero-order valence-corrected chi connectivity index (χ0v) is 15.3. The van der Waals surface area contributed by atoms with Crippen molar-refractivity contribution in [2.45, 2.75) is 25.7 Å². The van der Waals surface area contributed by atoms with E-state index in [-0.39, 0.29) is 18.3 Å². The average Bonchev–Trinajstić information content (AvgIpc) is 2.61. The molecule has 1 spiro atoms. The van der Waals surface area contributed by atoms with Gasteiger partial charge in [0.05, 0.1) is 19.8 Å². The van der Waals surface area contributed by atoms with Crippen LogP contribution in [0.1, 0.15) is 36.0 Å². The van der Waals surface area contributed by atoms with E-state index in [1.807, 2.05) is 23.1 Å². The summed E-state index contributed by atoms with van der Waals surface area (Å²) in [6, 6.07) is 5.47. The van der Waals surface area contributed by atoms with Crippen LogP contribution in [0.4, 0.5) is 0 Å². The number of hydrogen-bond donors (Lipinski definition) is 1. The second-order valence-corrected chi connectivity index (χ2v) is 6.58. The zero-order valence-electron chi connectivity index (χ0n) is 14.5. The number of rotatable bonds is 3. The standard InChI is InChI=1S/C18H26N2O3.ClH/c1-22-15-5-3-4-14(16(15)23-2)17(21)20-12-8-18(9-13-20)6-10-19-11-7-18;/h3-5,19H,6-13H2,1-2H3;1H. The molecule has 0 atom stereocenters. The molecule has 2 aliphatic heterocycles. The molecule has 24 heavy (non-hydrogen) atoms. The fraction of sp³-hybridized carbons (Fsp3) is 0.611. The van der Waals surface area contributed by atoms with Crippen molar-refractivity contribution in [1.82, 2.24) is 10.2 Å². The van der Waals surface area contributed by atoms with E-state index >= 15 is 0 Å². The molecule has 0 bridgehead atoms. The number of hydrogen-bond acceptors (Lipinski definition) is 4. The minimum absolute atomic E-state index is 0. The number of nitrogens with zero attached hydrogens (tertiary/aromatic N) is 1. The lowest BCUT2D eigenvalue weighted by Crippen LogP contribution is -2.47. The maximum absolute atomic E-state index is 12.9. The van der Waals surface area contributed by atoms with Crippen LogP contribution in [0.5, 0.6) is 11.5 Å². The van der Waals surface area contributed by atoms with Crippen LogP contribution < -0.4 is 14.8 Å². The highest BCUT2D eigenvalue weighted by atomic mass is 35.5. The van der Waals surface area contributed by atoms with E-state index < -0.39 is 0 Å². The van der Waals surface area contributed by atoms with Gasteiger partial charge in [-0.3, -0.25) is 4.79 Å². The Labute approximate surface area is 150 Å². The highest BCUT2D eigenvalue weighted by Gasteiger charge is 2.37. The van der Waals surface area contributed by atoms with E-state index in [9.17, 15) is 4.79 Å². The van der Waals surface area contributed by atoms with Crippen molar-refractivity contribution in [2.24, 2.45) is 5.41 Å². The van der Waals surface area contributed by atoms with Crippen LogP contribution in [0.2, 0.25) is 0 Å². The summed E-state index contributed by atoms with van der Waals surface area (Å²) in [4.78, 5) is 14.9. The molecule has 3 rings (SSSR count). The molecule has 2 fully saturated rings. The summed E-state index contributed by atoms with van der Waals surface area (Å²) < 4.78 is 10.7. The molecule has 2 heterocycles. The van der Waals surface area contributed by atoms with Gasteiger partial charge in [-0.15, -0.1) is 12.4 Å². The van der Waals surface area contributed by atoms with Crippen LogP contribution in [-0.2, 0) is 0 Å². The molecule has 0 radical (unpaired) electrons. The van der Waals surface area contributed by atoms with Crippen molar-refractivity contribution >= 4 is 18.3 Å². The first-order chi connectivity index (χ1) is 11.2. The number of methoxy groups -OCH3 is 2. The molecule has 1 N–H and O–H groups in total. The molecule has 0 aromatic heterocycles. The normalized spacial score (nSPS) is 19.5. The van der Waals surface area contributed by atoms with E-state index in [4.69, 9.17) is 9.47 Å². The van der Waals surface area contributed by atoms with E-state index in [0.29, 0.717) is 22.5 Å². The number of ether oxygens (including phenoxy) is 2. The monoisotopic (exact) mass is 354 g/mol. The van der Waals surface area contributed by atoms with Crippen molar-refractivity contribution < 1.29 is 14.3 Å². The summed E-state index contributed by atoms with van der Waals surface area (Å²) >= 11 is 0. The molecule has 1 amide bonds. The predicted molar refractivity (Wildman–Crippen MR) is 96.5 cm³/mol. The topological polar surface area (TPSA) is 50.8 Å². The summed E-state index contributed by atoms with van der Waals surface area (Å²) in [6.45, 7) is 3.88. The van der Waals surface area contributed by atoms with Gasteiger partial charge in [0.15, 0.2) is 11.5 Å². The largest absolute Gasteiger partial charge is 0.493 e. The molecule has 5 nitrogen and oxygen atoms in total. The molecule has 2 aliphatic rings. The average molecular weight is 355 g/mol. The number of halogens is 1. The summed E-state index contributed by atoms with van der Waals surface area (Å²) in [7, 11) is 3.17. The van der Waals surface area contributed by atoms with Crippen LogP contribution in [0.3, 0.4) is 0 Å². The molecule has 6 heteroatoms. The van der Waals surface area contributed by atoms with Crippen LogP contribution >= 0.6 is 12.4 Å². The van der Waals surface area contributed by atoms with Crippen LogP contribution in [0, 0.1) is 5.41 Å². The van der Waals surface area contributed by atoms with E-state index in [1.54, 1.807) is 14.2 Å². The Morgan fingerprint density at radius 3 is 2.33 bits per heavy atom. The Morgan fingerprint density at radius 1 is 1.08 bits per heavy atom. The van der Waals surface area contributed by atoms with Gasteiger partial charge in [-0.25, -0.2) is 0 Å². The smallest absolute Gasteiger partial charge is 0.257 e. The van der Waals surface area contributed by atoms with Crippen molar-refractivity contribution in [3.63, 3.8) is 0 Å². The number of likely N-dealkylation sites (tertiary alicyclic amines) is 1. The van der Waals surface area contributed by atoms with Crippen LogP contribution in [0.15, 0.2) is 18.2 Å². The summed E-state index contributed by atoms with van der Waals surface area (Å²) in [5.41, 5.74) is 1.04. The molecule has 0 aliphatic carbocycles. The fourth-order valence-corrected chi connectivity index (χ4v) is 3.87. The van der Waals surface area contributed by atoms with Gasteiger partial charge in [-0.05, 0) is 56.3 Å². The maximum Gasteiger partial charge on any atom is 0.257 e. The van der Waals surface area contributed by atoms with E-state index in [0.717, 1.165) is 39.0 Å². The third kappa shape index (κ3) is 3.62. The third-order valence-electron chi connectivity index (χ3n) is 5.41. The quantitative estimate of drug-likeness (QED) is 0.906. The second-order valence-electron chi connectivity index (χ2n) is 6.58. The van der Waals surface area contributed by atoms with Gasteiger partial charge in [0.1, 0.15) is 0 Å².